The zero-order valence-corrected chi connectivity index (χ0v) is 23.2. The number of rotatable bonds is 14. The number of carboxylic acid groups (broad SMARTS) is 4. The van der Waals surface area contributed by atoms with Crippen LogP contribution in [0.5, 0.6) is 5.75 Å². The number of nitrogens with two attached hydrogens (primary N) is 4. The minimum absolute atomic E-state index is 0.177. The number of hydrogen-bond donors (Lipinski definition) is 9. The van der Waals surface area contributed by atoms with Crippen LogP contribution in [0.1, 0.15) is 12.5 Å². The first-order valence-electron chi connectivity index (χ1n) is 10.6. The number of aliphatic carboxylic acids is 4. The van der Waals surface area contributed by atoms with Gasteiger partial charge in [-0.25, -0.2) is 4.79 Å². The average molecular weight is 613 g/mol. The van der Waals surface area contributed by atoms with Gasteiger partial charge in [0.15, 0.2) is 0 Å². The van der Waals surface area contributed by atoms with Gasteiger partial charge in [-0.15, -0.1) is 0 Å². The van der Waals surface area contributed by atoms with E-state index in [-0.39, 0.29) is 29.4 Å². The van der Waals surface area contributed by atoms with Gasteiger partial charge in [0.05, 0.1) is 0 Å². The number of Topliss-reactive ketones (excluding diaryl/α,β-unsaturated/α-hetero) is 1. The van der Waals surface area contributed by atoms with Crippen LogP contribution < -0.4 is 27.7 Å². The topological polar surface area (TPSA) is 297 Å². The number of hydrogen-bond acceptors (Lipinski definition) is 14. The van der Waals surface area contributed by atoms with Crippen LogP contribution >= 0.6 is 34.2 Å². The van der Waals surface area contributed by atoms with E-state index in [2.05, 4.69) is 12.6 Å². The van der Waals surface area contributed by atoms with Crippen LogP contribution in [0.25, 0.3) is 0 Å². The van der Waals surface area contributed by atoms with Gasteiger partial charge in [0.1, 0.15) is 29.9 Å². The fourth-order valence-corrected chi connectivity index (χ4v) is 4.06. The fourth-order valence-electron chi connectivity index (χ4n) is 1.68. The van der Waals surface area contributed by atoms with Crippen molar-refractivity contribution in [2.45, 2.75) is 37.5 Å². The lowest BCUT2D eigenvalue weighted by Crippen LogP contribution is -2.33. The van der Waals surface area contributed by atoms with E-state index in [1.807, 2.05) is 0 Å². The van der Waals surface area contributed by atoms with Crippen LogP contribution in [0.2, 0.25) is 0 Å². The summed E-state index contributed by atoms with van der Waals surface area (Å²) in [5.74, 6) is -4.98. The van der Waals surface area contributed by atoms with Crippen LogP contribution in [-0.2, 0) is 35.2 Å². The Bertz CT molecular complexity index is 945. The largest absolute Gasteiger partial charge is 0.480 e. The van der Waals surface area contributed by atoms with Crippen LogP contribution in [0, 0.1) is 0 Å². The Kier molecular flexibility index (Phi) is 20.6. The number of esters is 1. The second-order valence-electron chi connectivity index (χ2n) is 7.32. The monoisotopic (exact) mass is 612 g/mol. The van der Waals surface area contributed by atoms with Gasteiger partial charge in [0.2, 0.25) is 5.78 Å². The predicted octanol–water partition coefficient (Wildman–Crippen LogP) is -1.34. The lowest BCUT2D eigenvalue weighted by molar-refractivity contribution is -0.146. The highest BCUT2D eigenvalue weighted by atomic mass is 33.1. The molecule has 39 heavy (non-hydrogen) atoms. The average Bonchev–Trinajstić information content (AvgIpc) is 2.87. The van der Waals surface area contributed by atoms with Crippen molar-refractivity contribution in [3.8, 4) is 5.75 Å². The molecule has 0 saturated carbocycles. The molecule has 0 heterocycles. The van der Waals surface area contributed by atoms with E-state index >= 15 is 0 Å². The van der Waals surface area contributed by atoms with Crippen molar-refractivity contribution in [2.24, 2.45) is 22.9 Å². The van der Waals surface area contributed by atoms with Crippen molar-refractivity contribution in [3.05, 3.63) is 29.8 Å². The normalized spacial score (nSPS) is 13.1. The van der Waals surface area contributed by atoms with E-state index in [0.717, 1.165) is 6.92 Å². The molecule has 0 aliphatic rings. The third kappa shape index (κ3) is 19.8. The number of carbonyl (C=O) groups is 6. The highest BCUT2D eigenvalue weighted by Gasteiger charge is 2.15. The molecule has 1 rings (SSSR count). The van der Waals surface area contributed by atoms with Crippen molar-refractivity contribution in [1.82, 2.24) is 0 Å². The van der Waals surface area contributed by atoms with Crippen LogP contribution in [-0.4, -0.2) is 97.5 Å². The minimum atomic E-state index is -1.08. The minimum Gasteiger partial charge on any atom is -0.480 e. The molecule has 15 nitrogen and oxygen atoms in total. The zero-order chi connectivity index (χ0) is 30.7. The van der Waals surface area contributed by atoms with Crippen molar-refractivity contribution in [2.75, 3.05) is 17.3 Å². The van der Waals surface area contributed by atoms with Crippen molar-refractivity contribution < 1.29 is 53.9 Å². The van der Waals surface area contributed by atoms with Gasteiger partial charge in [0, 0.05) is 24.2 Å². The van der Waals surface area contributed by atoms with E-state index in [1.165, 1.54) is 33.7 Å². The van der Waals surface area contributed by atoms with Crippen LogP contribution in [0.15, 0.2) is 24.3 Å². The van der Waals surface area contributed by atoms with Crippen LogP contribution in [0.4, 0.5) is 0 Å². The number of carboxylic acids is 4. The lowest BCUT2D eigenvalue weighted by atomic mass is 10.1. The van der Waals surface area contributed by atoms with E-state index in [9.17, 15) is 28.8 Å². The fraction of sp³-hybridized carbons (Fsp3) is 0.429. The van der Waals surface area contributed by atoms with Gasteiger partial charge in [-0.05, 0) is 24.1 Å². The van der Waals surface area contributed by atoms with Crippen molar-refractivity contribution >= 4 is 69.8 Å². The molecule has 0 aromatic heterocycles. The quantitative estimate of drug-likeness (QED) is 0.0293. The first-order chi connectivity index (χ1) is 18.0. The van der Waals surface area contributed by atoms with Gasteiger partial charge in [-0.2, -0.15) is 12.6 Å². The number of ketones is 1. The van der Waals surface area contributed by atoms with E-state index < -0.39 is 59.8 Å². The summed E-state index contributed by atoms with van der Waals surface area (Å²) in [6, 6.07) is 2.49. The lowest BCUT2D eigenvalue weighted by Gasteiger charge is -2.07. The SMILES string of the molecule is CC(=O)C(=O)Oc1ccc(C[C@H](N)C(=O)O)cc1.N[C@@H](CS)C(=O)O.N[C@@H](CSSC[C@H](N)C(=O)O)C(=O)O. The Labute approximate surface area is 236 Å². The Morgan fingerprint density at radius 3 is 1.41 bits per heavy atom. The molecule has 0 fully saturated rings. The summed E-state index contributed by atoms with van der Waals surface area (Å²) in [6.45, 7) is 1.11. The van der Waals surface area contributed by atoms with Gasteiger partial charge < -0.3 is 48.1 Å². The summed E-state index contributed by atoms with van der Waals surface area (Å²) in [4.78, 5) is 62.5. The molecule has 1 aromatic rings. The maximum Gasteiger partial charge on any atom is 0.379 e. The Hall–Kier alpha value is -2.87. The van der Waals surface area contributed by atoms with E-state index in [4.69, 9.17) is 48.1 Å². The molecule has 0 amide bonds. The summed E-state index contributed by atoms with van der Waals surface area (Å²) in [5, 5.41) is 33.5. The summed E-state index contributed by atoms with van der Waals surface area (Å²) in [7, 11) is 2.41. The predicted molar refractivity (Wildman–Crippen MR) is 148 cm³/mol. The molecule has 1 aromatic carbocycles. The molecule has 0 unspecified atom stereocenters. The molecule has 18 heteroatoms. The summed E-state index contributed by atoms with van der Waals surface area (Å²) in [6.07, 6.45) is 0.177. The molecule has 220 valence electrons. The highest BCUT2D eigenvalue weighted by Crippen LogP contribution is 2.22. The molecule has 0 aliphatic carbocycles. The molecule has 0 spiro atoms. The van der Waals surface area contributed by atoms with Gasteiger partial charge >= 0.3 is 29.8 Å². The maximum atomic E-state index is 11.0. The summed E-state index contributed by atoms with van der Waals surface area (Å²) >= 11 is 3.65. The molecular weight excluding hydrogens is 580 g/mol. The zero-order valence-electron chi connectivity index (χ0n) is 20.7. The third-order valence-electron chi connectivity index (χ3n) is 3.92. The van der Waals surface area contributed by atoms with E-state index in [0.29, 0.717) is 5.56 Å². The third-order valence-corrected chi connectivity index (χ3v) is 6.79. The highest BCUT2D eigenvalue weighted by molar-refractivity contribution is 8.76. The van der Waals surface area contributed by atoms with Crippen molar-refractivity contribution in [1.29, 1.82) is 0 Å². The number of thiol groups is 1. The summed E-state index contributed by atoms with van der Waals surface area (Å²) < 4.78 is 4.75. The molecule has 0 aliphatic heterocycles. The molecule has 0 bridgehead atoms. The maximum absolute atomic E-state index is 11.0. The molecule has 0 saturated heterocycles. The number of benzene rings is 1. The first-order valence-corrected chi connectivity index (χ1v) is 13.8. The number of ether oxygens (including phenoxy) is 1. The molecule has 4 atom stereocenters. The molecular formula is C21H32N4O11S3. The number of carbonyl (C=O) groups excluding carboxylic acids is 2. The molecule has 0 radical (unpaired) electrons. The Balaban J connectivity index is 0. The van der Waals surface area contributed by atoms with Crippen molar-refractivity contribution in [3.63, 3.8) is 0 Å². The Morgan fingerprint density at radius 2 is 1.13 bits per heavy atom. The van der Waals surface area contributed by atoms with Crippen LogP contribution in [0.3, 0.4) is 0 Å². The summed E-state index contributed by atoms with van der Waals surface area (Å²) in [5.41, 5.74) is 21.4. The standard InChI is InChI=1S/C12H13NO5.C6H12N2O4S2.C3H7NO2S/c1-7(14)12(17)18-9-4-2-8(3-5-9)6-10(13)11(15)16;7-3(5(9)10)1-13-14-2-4(8)6(11)12;4-2(1-7)3(5)6/h2-5,10H,6,13H2,1H3,(H,15,16);3-4H,1-2,7-8H2,(H,9,10)(H,11,12);2,7H,1,4H2,(H,5,6)/t10-;3-,4-;2-/m000/s1. The van der Waals surface area contributed by atoms with Gasteiger partial charge in [0.25, 0.3) is 0 Å². The smallest absolute Gasteiger partial charge is 0.379 e. The second kappa shape index (κ2) is 21.0. The molecule has 12 N–H and O–H groups in total. The van der Waals surface area contributed by atoms with Gasteiger partial charge in [-0.1, -0.05) is 33.7 Å². The van der Waals surface area contributed by atoms with Gasteiger partial charge in [-0.3, -0.25) is 24.0 Å². The second-order valence-corrected chi connectivity index (χ2v) is 10.2. The Morgan fingerprint density at radius 1 is 0.744 bits per heavy atom. The first kappa shape index (κ1) is 38.3. The van der Waals surface area contributed by atoms with E-state index in [1.54, 1.807) is 12.1 Å².